The van der Waals surface area contributed by atoms with E-state index < -0.39 is 23.9 Å². The summed E-state index contributed by atoms with van der Waals surface area (Å²) >= 11 is 7.70. The van der Waals surface area contributed by atoms with E-state index in [1.54, 1.807) is 13.1 Å². The molecule has 0 saturated carbocycles. The van der Waals surface area contributed by atoms with Crippen LogP contribution < -0.4 is 0 Å². The van der Waals surface area contributed by atoms with Gasteiger partial charge in [-0.1, -0.05) is 17.7 Å². The SMILES string of the molecule is CCOC(=O)C1=C2C[C@H](O)CN2C(c2nccs2)=N[C@H]1c1ccc(F)cc1Cl. The molecule has 0 aliphatic carbocycles. The van der Waals surface area contributed by atoms with Crippen molar-refractivity contribution >= 4 is 34.7 Å². The van der Waals surface area contributed by atoms with Crippen LogP contribution in [0.2, 0.25) is 5.02 Å². The number of halogens is 2. The molecule has 0 spiro atoms. The molecule has 1 aromatic heterocycles. The minimum absolute atomic E-state index is 0.168. The molecule has 28 heavy (non-hydrogen) atoms. The second-order valence-electron chi connectivity index (χ2n) is 6.41. The molecule has 9 heteroatoms. The first kappa shape index (κ1) is 19.0. The van der Waals surface area contributed by atoms with Crippen LogP contribution in [0.15, 0.2) is 46.0 Å². The standard InChI is InChI=1S/C19H17ClFN3O3S/c1-2-27-19(26)15-14-8-11(25)9-24(14)17(18-22-5-6-28-18)23-16(15)12-4-3-10(21)7-13(12)20/h3-7,11,16,25H,2,8-9H2,1H3/t11-,16-/m0/s1. The third-order valence-corrected chi connectivity index (χ3v) is 5.71. The molecule has 1 N–H and O–H groups in total. The fraction of sp³-hybridized carbons (Fsp3) is 0.316. The van der Waals surface area contributed by atoms with Gasteiger partial charge in [-0.25, -0.2) is 14.2 Å². The first-order valence-electron chi connectivity index (χ1n) is 8.78. The van der Waals surface area contributed by atoms with E-state index in [2.05, 4.69) is 4.98 Å². The number of aliphatic hydroxyl groups excluding tert-OH is 1. The third kappa shape index (κ3) is 3.32. The molecule has 2 aliphatic heterocycles. The molecule has 1 saturated heterocycles. The monoisotopic (exact) mass is 421 g/mol. The molecule has 2 aromatic rings. The number of benzene rings is 1. The molecule has 0 radical (unpaired) electrons. The number of rotatable bonds is 4. The molecular weight excluding hydrogens is 405 g/mol. The van der Waals surface area contributed by atoms with E-state index >= 15 is 0 Å². The molecule has 1 aromatic carbocycles. The first-order chi connectivity index (χ1) is 13.5. The number of thiazole rings is 1. The summed E-state index contributed by atoms with van der Waals surface area (Å²) in [6.45, 7) is 2.23. The van der Waals surface area contributed by atoms with E-state index in [4.69, 9.17) is 21.3 Å². The highest BCUT2D eigenvalue weighted by atomic mass is 35.5. The van der Waals surface area contributed by atoms with Crippen molar-refractivity contribution in [3.8, 4) is 0 Å². The van der Waals surface area contributed by atoms with Gasteiger partial charge in [0, 0.05) is 34.3 Å². The molecular formula is C19H17ClFN3O3S. The summed E-state index contributed by atoms with van der Waals surface area (Å²) in [5.41, 5.74) is 1.44. The molecule has 4 rings (SSSR count). The summed E-state index contributed by atoms with van der Waals surface area (Å²) in [6.07, 6.45) is 1.31. The molecule has 2 atom stereocenters. The van der Waals surface area contributed by atoms with Crippen LogP contribution in [0.3, 0.4) is 0 Å². The highest BCUT2D eigenvalue weighted by Crippen LogP contribution is 2.42. The Labute approximate surface area is 169 Å². The molecule has 0 bridgehead atoms. The summed E-state index contributed by atoms with van der Waals surface area (Å²) in [5.74, 6) is -0.444. The summed E-state index contributed by atoms with van der Waals surface area (Å²) in [7, 11) is 0. The molecule has 0 unspecified atom stereocenters. The number of carbonyl (C=O) groups is 1. The van der Waals surface area contributed by atoms with E-state index in [0.717, 1.165) is 0 Å². The van der Waals surface area contributed by atoms with Crippen LogP contribution in [-0.2, 0) is 9.53 Å². The van der Waals surface area contributed by atoms with Crippen molar-refractivity contribution < 1.29 is 19.0 Å². The number of carbonyl (C=O) groups excluding carboxylic acids is 1. The summed E-state index contributed by atoms with van der Waals surface area (Å²) in [4.78, 5) is 23.7. The van der Waals surface area contributed by atoms with E-state index in [0.29, 0.717) is 34.2 Å². The molecule has 6 nitrogen and oxygen atoms in total. The van der Waals surface area contributed by atoms with Gasteiger partial charge in [0.2, 0.25) is 0 Å². The first-order valence-corrected chi connectivity index (χ1v) is 10.0. The predicted octanol–water partition coefficient (Wildman–Crippen LogP) is 3.32. The fourth-order valence-electron chi connectivity index (χ4n) is 3.49. The van der Waals surface area contributed by atoms with Crippen LogP contribution in [0.1, 0.15) is 30.0 Å². The van der Waals surface area contributed by atoms with Gasteiger partial charge in [-0.15, -0.1) is 11.3 Å². The van der Waals surface area contributed by atoms with Crippen LogP contribution in [0.5, 0.6) is 0 Å². The van der Waals surface area contributed by atoms with Crippen molar-refractivity contribution in [2.24, 2.45) is 4.99 Å². The number of esters is 1. The van der Waals surface area contributed by atoms with Crippen LogP contribution in [0, 0.1) is 5.82 Å². The molecule has 146 valence electrons. The zero-order valence-corrected chi connectivity index (χ0v) is 16.5. The summed E-state index contributed by atoms with van der Waals surface area (Å²) < 4.78 is 18.8. The molecule has 2 aliphatic rings. The maximum absolute atomic E-state index is 13.6. The average Bonchev–Trinajstić information content (AvgIpc) is 3.29. The predicted molar refractivity (Wildman–Crippen MR) is 104 cm³/mol. The smallest absolute Gasteiger partial charge is 0.338 e. The van der Waals surface area contributed by atoms with Gasteiger partial charge in [0.05, 0.1) is 24.8 Å². The van der Waals surface area contributed by atoms with Gasteiger partial charge >= 0.3 is 5.97 Å². The number of aromatic nitrogens is 1. The van der Waals surface area contributed by atoms with Crippen molar-refractivity contribution in [3.63, 3.8) is 0 Å². The topological polar surface area (TPSA) is 75.0 Å². The van der Waals surface area contributed by atoms with Gasteiger partial charge < -0.3 is 14.7 Å². The lowest BCUT2D eigenvalue weighted by molar-refractivity contribution is -0.139. The Morgan fingerprint density at radius 3 is 3.00 bits per heavy atom. The van der Waals surface area contributed by atoms with E-state index in [1.807, 2.05) is 10.3 Å². The average molecular weight is 422 g/mol. The van der Waals surface area contributed by atoms with Crippen molar-refractivity contribution in [1.29, 1.82) is 0 Å². The van der Waals surface area contributed by atoms with Gasteiger partial charge in [0.1, 0.15) is 11.9 Å². The van der Waals surface area contributed by atoms with Crippen molar-refractivity contribution in [3.05, 3.63) is 62.5 Å². The minimum Gasteiger partial charge on any atom is -0.463 e. The van der Waals surface area contributed by atoms with Crippen molar-refractivity contribution in [2.75, 3.05) is 13.2 Å². The van der Waals surface area contributed by atoms with E-state index in [1.165, 1.54) is 29.5 Å². The second kappa shape index (κ2) is 7.62. The maximum Gasteiger partial charge on any atom is 0.338 e. The lowest BCUT2D eigenvalue weighted by atomic mass is 9.94. The lowest BCUT2D eigenvalue weighted by Crippen LogP contribution is -2.36. The molecule has 3 heterocycles. The number of aliphatic imine (C=N–C) groups is 1. The maximum atomic E-state index is 13.6. The van der Waals surface area contributed by atoms with Crippen molar-refractivity contribution in [1.82, 2.24) is 9.88 Å². The number of ether oxygens (including phenoxy) is 1. The van der Waals surface area contributed by atoms with E-state index in [9.17, 15) is 14.3 Å². The van der Waals surface area contributed by atoms with E-state index in [-0.39, 0.29) is 18.1 Å². The Morgan fingerprint density at radius 1 is 1.50 bits per heavy atom. The quantitative estimate of drug-likeness (QED) is 0.766. The Kier molecular flexibility index (Phi) is 5.18. The van der Waals surface area contributed by atoms with Crippen LogP contribution in [0.25, 0.3) is 0 Å². The summed E-state index contributed by atoms with van der Waals surface area (Å²) in [5, 5.41) is 12.9. The Morgan fingerprint density at radius 2 is 2.32 bits per heavy atom. The van der Waals surface area contributed by atoms with Gasteiger partial charge in [-0.3, -0.25) is 4.99 Å². The minimum atomic E-state index is -0.775. The number of aliphatic hydroxyl groups is 1. The molecule has 1 fully saturated rings. The van der Waals surface area contributed by atoms with Crippen LogP contribution >= 0.6 is 22.9 Å². The van der Waals surface area contributed by atoms with Crippen LogP contribution in [-0.4, -0.2) is 46.1 Å². The van der Waals surface area contributed by atoms with Gasteiger partial charge in [-0.05, 0) is 19.1 Å². The number of hydrogen-bond acceptors (Lipinski definition) is 7. The number of fused-ring (bicyclic) bond motifs is 1. The largest absolute Gasteiger partial charge is 0.463 e. The van der Waals surface area contributed by atoms with Gasteiger partial charge in [-0.2, -0.15) is 0 Å². The van der Waals surface area contributed by atoms with Crippen LogP contribution in [0.4, 0.5) is 4.39 Å². The Balaban J connectivity index is 1.91. The normalized spacial score (nSPS) is 21.6. The Hall–Kier alpha value is -2.29. The highest BCUT2D eigenvalue weighted by Gasteiger charge is 2.42. The fourth-order valence-corrected chi connectivity index (χ4v) is 4.41. The van der Waals surface area contributed by atoms with Gasteiger partial charge in [0.15, 0.2) is 10.8 Å². The van der Waals surface area contributed by atoms with Gasteiger partial charge in [0.25, 0.3) is 0 Å². The zero-order chi connectivity index (χ0) is 19.8. The highest BCUT2D eigenvalue weighted by molar-refractivity contribution is 7.11. The second-order valence-corrected chi connectivity index (χ2v) is 7.71. The lowest BCUT2D eigenvalue weighted by Gasteiger charge is -2.31. The van der Waals surface area contributed by atoms with Crippen molar-refractivity contribution in [2.45, 2.75) is 25.5 Å². The third-order valence-electron chi connectivity index (χ3n) is 4.62. The number of nitrogens with zero attached hydrogens (tertiary/aromatic N) is 3. The number of hydrogen-bond donors (Lipinski definition) is 1. The zero-order valence-electron chi connectivity index (χ0n) is 14.9. The summed E-state index contributed by atoms with van der Waals surface area (Å²) in [6, 6.07) is 3.22. The number of amidine groups is 1. The molecule has 0 amide bonds. The Bertz CT molecular complexity index is 977.